The van der Waals surface area contributed by atoms with Gasteiger partial charge in [-0.3, -0.25) is 4.79 Å². The number of esters is 1. The van der Waals surface area contributed by atoms with Crippen LogP contribution >= 0.6 is 11.6 Å². The monoisotopic (exact) mass is 148 g/mol. The van der Waals surface area contributed by atoms with E-state index in [9.17, 15) is 4.79 Å². The van der Waals surface area contributed by atoms with Crippen LogP contribution in [0.25, 0.3) is 0 Å². The maximum atomic E-state index is 10.4. The molecule has 0 unspecified atom stereocenters. The number of alkyl halides is 1. The molecule has 0 aromatic heterocycles. The lowest BCUT2D eigenvalue weighted by Crippen LogP contribution is -2.01. The maximum absolute atomic E-state index is 10.4. The molecule has 0 fully saturated rings. The highest BCUT2D eigenvalue weighted by Crippen LogP contribution is 2.00. The number of carbonyl (C=O) groups is 1. The summed E-state index contributed by atoms with van der Waals surface area (Å²) in [5, 5.41) is 0. The van der Waals surface area contributed by atoms with Crippen molar-refractivity contribution in [3.05, 3.63) is 12.2 Å². The Labute approximate surface area is 59.5 Å². The Morgan fingerprint density at radius 1 is 1.78 bits per heavy atom. The van der Waals surface area contributed by atoms with E-state index < -0.39 is 0 Å². The van der Waals surface area contributed by atoms with E-state index in [2.05, 4.69) is 11.3 Å². The fraction of sp³-hybridized carbons (Fsp3) is 0.500. The molecule has 9 heavy (non-hydrogen) atoms. The van der Waals surface area contributed by atoms with Crippen LogP contribution in [0.5, 0.6) is 0 Å². The number of halogens is 1. The summed E-state index contributed by atoms with van der Waals surface area (Å²) in [6.45, 7) is 3.53. The summed E-state index contributed by atoms with van der Waals surface area (Å²) < 4.78 is 4.36. The van der Waals surface area contributed by atoms with Crippen molar-refractivity contribution < 1.29 is 9.53 Å². The minimum atomic E-state index is -0.291. The maximum Gasteiger partial charge on any atom is 0.309 e. The molecule has 0 bridgehead atoms. The van der Waals surface area contributed by atoms with Crippen molar-refractivity contribution >= 4 is 17.6 Å². The van der Waals surface area contributed by atoms with Crippen LogP contribution in [0.1, 0.15) is 6.42 Å². The summed E-state index contributed by atoms with van der Waals surface area (Å²) in [6.07, 6.45) is 0.222. The van der Waals surface area contributed by atoms with Gasteiger partial charge in [0.2, 0.25) is 0 Å². The molecule has 0 radical (unpaired) electrons. The van der Waals surface area contributed by atoms with Gasteiger partial charge in [0.05, 0.1) is 13.5 Å². The third-order valence-corrected chi connectivity index (χ3v) is 1.19. The van der Waals surface area contributed by atoms with E-state index in [1.807, 2.05) is 0 Å². The number of methoxy groups -OCH3 is 1. The Bertz CT molecular complexity index is 106. The second-order valence-corrected chi connectivity index (χ2v) is 1.90. The molecule has 0 N–H and O–H groups in total. The Kier molecular flexibility index (Phi) is 4.14. The predicted octanol–water partition coefficient (Wildman–Crippen LogP) is 1.34. The number of hydrogen-bond donors (Lipinski definition) is 0. The first-order chi connectivity index (χ1) is 4.20. The molecule has 0 aliphatic heterocycles. The lowest BCUT2D eigenvalue weighted by Gasteiger charge is -1.97. The Hall–Kier alpha value is -0.500. The molecule has 52 valence electrons. The molecule has 2 nitrogen and oxygen atoms in total. The summed E-state index contributed by atoms with van der Waals surface area (Å²) in [4.78, 5) is 10.4. The molecule has 0 aliphatic carbocycles. The van der Waals surface area contributed by atoms with Crippen LogP contribution in [-0.4, -0.2) is 19.0 Å². The van der Waals surface area contributed by atoms with Crippen LogP contribution in [-0.2, 0) is 9.53 Å². The predicted molar refractivity (Wildman–Crippen MR) is 36.5 cm³/mol. The van der Waals surface area contributed by atoms with Gasteiger partial charge in [0, 0.05) is 5.88 Å². The molecule has 0 rings (SSSR count). The molecular weight excluding hydrogens is 140 g/mol. The van der Waals surface area contributed by atoms with Gasteiger partial charge in [0.25, 0.3) is 0 Å². The van der Waals surface area contributed by atoms with Crippen molar-refractivity contribution in [2.45, 2.75) is 6.42 Å². The summed E-state index contributed by atoms with van der Waals surface area (Å²) in [7, 11) is 1.34. The minimum absolute atomic E-state index is 0.222. The zero-order valence-corrected chi connectivity index (χ0v) is 6.07. The summed E-state index contributed by atoms with van der Waals surface area (Å²) in [6, 6.07) is 0. The molecular formula is C6H9ClO2. The van der Waals surface area contributed by atoms with E-state index in [0.717, 1.165) is 0 Å². The molecule has 0 heterocycles. The second-order valence-electron chi connectivity index (χ2n) is 1.64. The first-order valence-corrected chi connectivity index (χ1v) is 3.03. The summed E-state index contributed by atoms with van der Waals surface area (Å²) in [5.41, 5.74) is 0.684. The van der Waals surface area contributed by atoms with E-state index in [1.165, 1.54) is 7.11 Å². The molecule has 0 amide bonds. The van der Waals surface area contributed by atoms with Crippen LogP contribution < -0.4 is 0 Å². The molecule has 0 saturated heterocycles. The zero-order valence-electron chi connectivity index (χ0n) is 5.32. The summed E-state index contributed by atoms with van der Waals surface area (Å²) >= 11 is 5.35. The normalized spacial score (nSPS) is 8.67. The highest BCUT2D eigenvalue weighted by molar-refractivity contribution is 6.19. The van der Waals surface area contributed by atoms with Crippen molar-refractivity contribution in [1.82, 2.24) is 0 Å². The van der Waals surface area contributed by atoms with Crippen LogP contribution in [0, 0.1) is 0 Å². The van der Waals surface area contributed by atoms with Gasteiger partial charge in [0.1, 0.15) is 0 Å². The third kappa shape index (κ3) is 4.03. The number of ether oxygens (including phenoxy) is 1. The van der Waals surface area contributed by atoms with E-state index >= 15 is 0 Å². The Morgan fingerprint density at radius 2 is 2.33 bits per heavy atom. The molecule has 0 aromatic carbocycles. The topological polar surface area (TPSA) is 26.3 Å². The smallest absolute Gasteiger partial charge is 0.309 e. The van der Waals surface area contributed by atoms with E-state index in [0.29, 0.717) is 11.5 Å². The molecule has 0 spiro atoms. The highest BCUT2D eigenvalue weighted by atomic mass is 35.5. The van der Waals surface area contributed by atoms with Crippen LogP contribution in [0.2, 0.25) is 0 Å². The van der Waals surface area contributed by atoms with Gasteiger partial charge in [0.15, 0.2) is 0 Å². The van der Waals surface area contributed by atoms with Crippen molar-refractivity contribution in [3.63, 3.8) is 0 Å². The van der Waals surface area contributed by atoms with Crippen molar-refractivity contribution in [2.24, 2.45) is 0 Å². The molecule has 0 aromatic rings. The van der Waals surface area contributed by atoms with Gasteiger partial charge in [-0.1, -0.05) is 12.2 Å². The van der Waals surface area contributed by atoms with Crippen LogP contribution in [0.4, 0.5) is 0 Å². The minimum Gasteiger partial charge on any atom is -0.469 e. The zero-order chi connectivity index (χ0) is 7.28. The van der Waals surface area contributed by atoms with Crippen molar-refractivity contribution in [3.8, 4) is 0 Å². The van der Waals surface area contributed by atoms with Gasteiger partial charge in [-0.25, -0.2) is 0 Å². The second kappa shape index (κ2) is 4.39. The number of carbonyl (C=O) groups excluding carboxylic acids is 1. The average Bonchev–Trinajstić information content (AvgIpc) is 1.87. The largest absolute Gasteiger partial charge is 0.469 e. The van der Waals surface area contributed by atoms with Crippen molar-refractivity contribution in [1.29, 1.82) is 0 Å². The lowest BCUT2D eigenvalue weighted by atomic mass is 10.2. The van der Waals surface area contributed by atoms with Crippen molar-refractivity contribution in [2.75, 3.05) is 13.0 Å². The lowest BCUT2D eigenvalue weighted by molar-refractivity contribution is -0.139. The number of rotatable bonds is 3. The fourth-order valence-electron chi connectivity index (χ4n) is 0.324. The summed E-state index contributed by atoms with van der Waals surface area (Å²) in [5.74, 6) is 0.0235. The fourth-order valence-corrected chi connectivity index (χ4v) is 0.418. The van der Waals surface area contributed by atoms with E-state index in [1.54, 1.807) is 0 Å². The van der Waals surface area contributed by atoms with Crippen LogP contribution in [0.3, 0.4) is 0 Å². The molecule has 0 saturated carbocycles. The van der Waals surface area contributed by atoms with Gasteiger partial charge < -0.3 is 4.74 Å². The SMILES string of the molecule is C=C(CCl)CC(=O)OC. The first kappa shape index (κ1) is 8.50. The highest BCUT2D eigenvalue weighted by Gasteiger charge is 2.00. The van der Waals surface area contributed by atoms with E-state index in [-0.39, 0.29) is 12.4 Å². The average molecular weight is 149 g/mol. The van der Waals surface area contributed by atoms with Crippen LogP contribution in [0.15, 0.2) is 12.2 Å². The Morgan fingerprint density at radius 3 is 2.67 bits per heavy atom. The number of hydrogen-bond acceptors (Lipinski definition) is 2. The first-order valence-electron chi connectivity index (χ1n) is 2.50. The molecule has 0 aliphatic rings. The van der Waals surface area contributed by atoms with Gasteiger partial charge in [-0.2, -0.15) is 0 Å². The molecule has 3 heteroatoms. The van der Waals surface area contributed by atoms with Gasteiger partial charge in [-0.15, -0.1) is 11.6 Å². The van der Waals surface area contributed by atoms with Gasteiger partial charge >= 0.3 is 5.97 Å². The standard InChI is InChI=1S/C6H9ClO2/c1-5(4-7)3-6(8)9-2/h1,3-4H2,2H3. The Balaban J connectivity index is 3.47. The quantitative estimate of drug-likeness (QED) is 0.343. The van der Waals surface area contributed by atoms with E-state index in [4.69, 9.17) is 11.6 Å². The molecule has 0 atom stereocenters. The third-order valence-electron chi connectivity index (χ3n) is 0.811. The van der Waals surface area contributed by atoms with Gasteiger partial charge in [-0.05, 0) is 0 Å².